The van der Waals surface area contributed by atoms with E-state index >= 15 is 0 Å². The zero-order valence-electron chi connectivity index (χ0n) is 11.5. The maximum atomic E-state index is 12.2. The van der Waals surface area contributed by atoms with Gasteiger partial charge in [-0.2, -0.15) is 0 Å². The molecule has 0 spiro atoms. The first-order valence-corrected chi connectivity index (χ1v) is 6.70. The van der Waals surface area contributed by atoms with Crippen LogP contribution in [-0.4, -0.2) is 47.1 Å². The fraction of sp³-hybridized carbons (Fsp3) is 0.846. The normalized spacial score (nSPS) is 19.5. The molecule has 2 amide bonds. The molecular formula is C13H24N2O3. The van der Waals surface area contributed by atoms with Gasteiger partial charge in [-0.25, -0.2) is 0 Å². The molecule has 0 aromatic rings. The number of aliphatic hydroxyl groups excluding tert-OH is 1. The monoisotopic (exact) mass is 256 g/mol. The summed E-state index contributed by atoms with van der Waals surface area (Å²) in [6.07, 6.45) is 2.26. The van der Waals surface area contributed by atoms with Crippen LogP contribution in [-0.2, 0) is 9.59 Å². The van der Waals surface area contributed by atoms with Crippen molar-refractivity contribution in [2.75, 3.05) is 13.1 Å². The van der Waals surface area contributed by atoms with Crippen molar-refractivity contribution in [2.45, 2.75) is 52.2 Å². The Kier molecular flexibility index (Phi) is 5.59. The second-order valence-electron chi connectivity index (χ2n) is 5.27. The highest BCUT2D eigenvalue weighted by atomic mass is 16.3. The molecule has 0 radical (unpaired) electrons. The van der Waals surface area contributed by atoms with Gasteiger partial charge in [-0.05, 0) is 26.2 Å². The Labute approximate surface area is 109 Å². The number of piperidine rings is 1. The van der Waals surface area contributed by atoms with Gasteiger partial charge in [0, 0.05) is 19.0 Å². The lowest BCUT2D eigenvalue weighted by molar-refractivity contribution is -0.140. The summed E-state index contributed by atoms with van der Waals surface area (Å²) in [4.78, 5) is 25.6. The van der Waals surface area contributed by atoms with E-state index < -0.39 is 12.1 Å². The van der Waals surface area contributed by atoms with E-state index in [-0.39, 0.29) is 17.7 Å². The van der Waals surface area contributed by atoms with Crippen LogP contribution in [0.4, 0.5) is 0 Å². The minimum absolute atomic E-state index is 0.168. The van der Waals surface area contributed by atoms with Crippen molar-refractivity contribution in [3.8, 4) is 0 Å². The number of carbonyl (C=O) groups is 2. The Bertz CT molecular complexity index is 297. The van der Waals surface area contributed by atoms with E-state index in [1.165, 1.54) is 6.92 Å². The zero-order valence-corrected chi connectivity index (χ0v) is 11.5. The third kappa shape index (κ3) is 3.98. The Balaban J connectivity index is 2.65. The minimum atomic E-state index is -0.873. The third-order valence-electron chi connectivity index (χ3n) is 3.24. The maximum absolute atomic E-state index is 12.2. The van der Waals surface area contributed by atoms with Crippen molar-refractivity contribution in [3.63, 3.8) is 0 Å². The average molecular weight is 256 g/mol. The summed E-state index contributed by atoms with van der Waals surface area (Å²) < 4.78 is 0. The summed E-state index contributed by atoms with van der Waals surface area (Å²) in [6, 6.07) is -0.821. The number of nitrogens with zero attached hydrogens (tertiary/aromatic N) is 1. The lowest BCUT2D eigenvalue weighted by Crippen LogP contribution is -2.55. The molecule has 1 saturated heterocycles. The number of aliphatic hydroxyl groups is 1. The second-order valence-corrected chi connectivity index (χ2v) is 5.27. The van der Waals surface area contributed by atoms with Crippen LogP contribution in [0.3, 0.4) is 0 Å². The number of hydrogen-bond donors (Lipinski definition) is 2. The zero-order chi connectivity index (χ0) is 13.7. The van der Waals surface area contributed by atoms with Gasteiger partial charge in [-0.1, -0.05) is 13.8 Å². The SMILES string of the molecule is CC(C)C(=O)NC(C(=O)N1CCCCC1)C(C)O. The van der Waals surface area contributed by atoms with E-state index in [0.29, 0.717) is 0 Å². The van der Waals surface area contributed by atoms with Crippen molar-refractivity contribution in [1.29, 1.82) is 0 Å². The molecule has 18 heavy (non-hydrogen) atoms. The van der Waals surface area contributed by atoms with Crippen LogP contribution in [0.25, 0.3) is 0 Å². The van der Waals surface area contributed by atoms with Crippen LogP contribution < -0.4 is 5.32 Å². The lowest BCUT2D eigenvalue weighted by atomic mass is 10.1. The Morgan fingerprint density at radius 2 is 1.67 bits per heavy atom. The van der Waals surface area contributed by atoms with Crippen LogP contribution in [0.15, 0.2) is 0 Å². The van der Waals surface area contributed by atoms with Crippen molar-refractivity contribution >= 4 is 11.8 Å². The summed E-state index contributed by atoms with van der Waals surface area (Å²) in [7, 11) is 0. The first-order valence-electron chi connectivity index (χ1n) is 6.70. The molecule has 1 aliphatic rings. The quantitative estimate of drug-likeness (QED) is 0.770. The molecule has 1 aliphatic heterocycles. The molecule has 0 saturated carbocycles. The largest absolute Gasteiger partial charge is 0.391 e. The summed E-state index contributed by atoms with van der Waals surface area (Å²) in [6.45, 7) is 6.51. The molecule has 0 aromatic carbocycles. The molecule has 5 heteroatoms. The molecule has 1 rings (SSSR count). The molecular weight excluding hydrogens is 232 g/mol. The predicted octanol–water partition coefficient (Wildman–Crippen LogP) is 0.520. The number of carbonyl (C=O) groups excluding carboxylic acids is 2. The number of amides is 2. The summed E-state index contributed by atoms with van der Waals surface area (Å²) >= 11 is 0. The van der Waals surface area contributed by atoms with Gasteiger partial charge in [0.05, 0.1) is 6.10 Å². The molecule has 2 N–H and O–H groups in total. The van der Waals surface area contributed by atoms with E-state index in [1.807, 2.05) is 0 Å². The minimum Gasteiger partial charge on any atom is -0.391 e. The molecule has 2 atom stereocenters. The fourth-order valence-corrected chi connectivity index (χ4v) is 2.02. The molecule has 1 heterocycles. The van der Waals surface area contributed by atoms with Crippen LogP contribution in [0, 0.1) is 5.92 Å². The topological polar surface area (TPSA) is 69.6 Å². The first kappa shape index (κ1) is 15.0. The molecule has 0 aromatic heterocycles. The summed E-state index contributed by atoms with van der Waals surface area (Å²) in [5.74, 6) is -0.564. The number of rotatable bonds is 4. The van der Waals surface area contributed by atoms with Crippen molar-refractivity contribution in [1.82, 2.24) is 10.2 Å². The van der Waals surface area contributed by atoms with Gasteiger partial charge in [0.25, 0.3) is 0 Å². The van der Waals surface area contributed by atoms with Gasteiger partial charge < -0.3 is 15.3 Å². The highest BCUT2D eigenvalue weighted by Crippen LogP contribution is 2.11. The van der Waals surface area contributed by atoms with Crippen LogP contribution >= 0.6 is 0 Å². The second kappa shape index (κ2) is 6.73. The van der Waals surface area contributed by atoms with E-state index in [9.17, 15) is 14.7 Å². The molecule has 2 unspecified atom stereocenters. The fourth-order valence-electron chi connectivity index (χ4n) is 2.02. The number of likely N-dealkylation sites (tertiary alicyclic amines) is 1. The predicted molar refractivity (Wildman–Crippen MR) is 68.9 cm³/mol. The molecule has 1 fully saturated rings. The van der Waals surface area contributed by atoms with Gasteiger partial charge in [0.2, 0.25) is 11.8 Å². The highest BCUT2D eigenvalue weighted by Gasteiger charge is 2.30. The van der Waals surface area contributed by atoms with Gasteiger partial charge in [-0.3, -0.25) is 9.59 Å². The van der Waals surface area contributed by atoms with Gasteiger partial charge >= 0.3 is 0 Å². The van der Waals surface area contributed by atoms with E-state index in [1.54, 1.807) is 18.7 Å². The summed E-state index contributed by atoms with van der Waals surface area (Å²) in [5, 5.41) is 12.3. The van der Waals surface area contributed by atoms with Crippen LogP contribution in [0.2, 0.25) is 0 Å². The smallest absolute Gasteiger partial charge is 0.247 e. The van der Waals surface area contributed by atoms with Crippen molar-refractivity contribution < 1.29 is 14.7 Å². The van der Waals surface area contributed by atoms with Gasteiger partial charge in [0.15, 0.2) is 0 Å². The molecule has 0 bridgehead atoms. The number of hydrogen-bond acceptors (Lipinski definition) is 3. The average Bonchev–Trinajstić information content (AvgIpc) is 2.35. The number of nitrogens with one attached hydrogen (secondary N) is 1. The van der Waals surface area contributed by atoms with Crippen molar-refractivity contribution in [2.24, 2.45) is 5.92 Å². The highest BCUT2D eigenvalue weighted by molar-refractivity contribution is 5.88. The van der Waals surface area contributed by atoms with Gasteiger partial charge in [-0.15, -0.1) is 0 Å². The summed E-state index contributed by atoms with van der Waals surface area (Å²) in [5.41, 5.74) is 0. The third-order valence-corrected chi connectivity index (χ3v) is 3.24. The Morgan fingerprint density at radius 3 is 2.11 bits per heavy atom. The van der Waals surface area contributed by atoms with Crippen LogP contribution in [0.5, 0.6) is 0 Å². The maximum Gasteiger partial charge on any atom is 0.247 e. The van der Waals surface area contributed by atoms with E-state index in [0.717, 1.165) is 32.4 Å². The Hall–Kier alpha value is -1.10. The first-order chi connectivity index (χ1) is 8.43. The van der Waals surface area contributed by atoms with Crippen molar-refractivity contribution in [3.05, 3.63) is 0 Å². The van der Waals surface area contributed by atoms with E-state index in [4.69, 9.17) is 0 Å². The molecule has 0 aliphatic carbocycles. The lowest BCUT2D eigenvalue weighted by Gasteiger charge is -2.32. The molecule has 104 valence electrons. The Morgan fingerprint density at radius 1 is 1.11 bits per heavy atom. The molecule has 5 nitrogen and oxygen atoms in total. The van der Waals surface area contributed by atoms with Gasteiger partial charge in [0.1, 0.15) is 6.04 Å². The van der Waals surface area contributed by atoms with Crippen LogP contribution in [0.1, 0.15) is 40.0 Å². The standard InChI is InChI=1S/C13H24N2O3/c1-9(2)12(17)14-11(10(3)16)13(18)15-7-5-4-6-8-15/h9-11,16H,4-8H2,1-3H3,(H,14,17). The van der Waals surface area contributed by atoms with E-state index in [2.05, 4.69) is 5.32 Å².